The van der Waals surface area contributed by atoms with Gasteiger partial charge in [-0.05, 0) is 31.0 Å². The van der Waals surface area contributed by atoms with Crippen molar-refractivity contribution >= 4 is 11.0 Å². The van der Waals surface area contributed by atoms with Gasteiger partial charge in [-0.15, -0.1) is 0 Å². The number of para-hydroxylation sites is 1. The van der Waals surface area contributed by atoms with Gasteiger partial charge in [0.05, 0.1) is 6.04 Å². The molecule has 0 amide bonds. The van der Waals surface area contributed by atoms with E-state index < -0.39 is 0 Å². The molecule has 0 spiro atoms. The van der Waals surface area contributed by atoms with Crippen LogP contribution in [0.2, 0.25) is 0 Å². The largest absolute Gasteiger partial charge is 0.459 e. The molecule has 0 aliphatic rings. The van der Waals surface area contributed by atoms with Crippen LogP contribution in [0.1, 0.15) is 39.0 Å². The highest BCUT2D eigenvalue weighted by molar-refractivity contribution is 5.77. The van der Waals surface area contributed by atoms with Gasteiger partial charge >= 0.3 is 0 Å². The Bertz CT molecular complexity index is 460. The van der Waals surface area contributed by atoms with Crippen molar-refractivity contribution in [3.8, 4) is 0 Å². The van der Waals surface area contributed by atoms with Crippen molar-refractivity contribution in [3.63, 3.8) is 0 Å². The summed E-state index contributed by atoms with van der Waals surface area (Å²) in [7, 11) is 1.99. The second kappa shape index (κ2) is 4.53. The highest BCUT2D eigenvalue weighted by Crippen LogP contribution is 2.32. The van der Waals surface area contributed by atoms with E-state index >= 15 is 0 Å². The van der Waals surface area contributed by atoms with Crippen LogP contribution in [-0.4, -0.2) is 7.05 Å². The van der Waals surface area contributed by atoms with E-state index in [1.807, 2.05) is 25.2 Å². The lowest BCUT2D eigenvalue weighted by Crippen LogP contribution is -2.21. The van der Waals surface area contributed by atoms with Crippen LogP contribution in [0.15, 0.2) is 34.7 Å². The molecule has 0 bridgehead atoms. The number of nitrogens with one attached hydrogen (secondary N) is 1. The van der Waals surface area contributed by atoms with Crippen molar-refractivity contribution < 1.29 is 4.42 Å². The van der Waals surface area contributed by atoms with Crippen LogP contribution in [0.4, 0.5) is 0 Å². The molecule has 0 aliphatic carbocycles. The summed E-state index contributed by atoms with van der Waals surface area (Å²) >= 11 is 0. The quantitative estimate of drug-likeness (QED) is 0.859. The number of rotatable bonds is 3. The van der Waals surface area contributed by atoms with E-state index in [-0.39, 0.29) is 11.5 Å². The van der Waals surface area contributed by atoms with Crippen molar-refractivity contribution in [3.05, 3.63) is 36.1 Å². The van der Waals surface area contributed by atoms with Gasteiger partial charge in [-0.25, -0.2) is 0 Å². The smallest absolute Gasteiger partial charge is 0.134 e. The third kappa shape index (κ3) is 2.89. The van der Waals surface area contributed by atoms with E-state index in [0.717, 1.165) is 17.8 Å². The van der Waals surface area contributed by atoms with Crippen LogP contribution in [0.25, 0.3) is 11.0 Å². The molecule has 2 rings (SSSR count). The van der Waals surface area contributed by atoms with Crippen LogP contribution in [0.5, 0.6) is 0 Å². The molecule has 0 radical (unpaired) electrons. The molecule has 1 heterocycles. The third-order valence-corrected chi connectivity index (χ3v) is 2.95. The molecule has 1 aromatic carbocycles. The Morgan fingerprint density at radius 3 is 2.53 bits per heavy atom. The van der Waals surface area contributed by atoms with Crippen molar-refractivity contribution in [2.75, 3.05) is 7.05 Å². The van der Waals surface area contributed by atoms with Crippen LogP contribution < -0.4 is 5.32 Å². The molecule has 92 valence electrons. The first kappa shape index (κ1) is 12.2. The molecule has 1 aromatic heterocycles. The van der Waals surface area contributed by atoms with E-state index in [1.54, 1.807) is 0 Å². The van der Waals surface area contributed by atoms with E-state index in [0.29, 0.717) is 0 Å². The zero-order valence-corrected chi connectivity index (χ0v) is 11.1. The predicted octanol–water partition coefficient (Wildman–Crippen LogP) is 4.13. The Morgan fingerprint density at radius 1 is 1.24 bits per heavy atom. The fraction of sp³-hybridized carbons (Fsp3) is 0.467. The van der Waals surface area contributed by atoms with Crippen LogP contribution >= 0.6 is 0 Å². The van der Waals surface area contributed by atoms with Crippen molar-refractivity contribution in [2.24, 2.45) is 5.41 Å². The molecule has 1 N–H and O–H groups in total. The fourth-order valence-electron chi connectivity index (χ4n) is 2.13. The van der Waals surface area contributed by atoms with Gasteiger partial charge in [0.2, 0.25) is 0 Å². The number of hydrogen-bond donors (Lipinski definition) is 1. The third-order valence-electron chi connectivity index (χ3n) is 2.95. The number of hydrogen-bond acceptors (Lipinski definition) is 2. The summed E-state index contributed by atoms with van der Waals surface area (Å²) in [6.07, 6.45) is 1.06. The zero-order chi connectivity index (χ0) is 12.5. The van der Waals surface area contributed by atoms with Gasteiger partial charge in [-0.1, -0.05) is 39.0 Å². The summed E-state index contributed by atoms with van der Waals surface area (Å²) in [4.78, 5) is 0. The van der Waals surface area contributed by atoms with Crippen molar-refractivity contribution in [1.29, 1.82) is 0 Å². The standard InChI is InChI=1S/C15H21NO/c1-15(2,3)10-12(16-4)14-9-11-7-5-6-8-13(11)17-14/h5-9,12,16H,10H2,1-4H3. The topological polar surface area (TPSA) is 25.2 Å². The minimum Gasteiger partial charge on any atom is -0.459 e. The maximum absolute atomic E-state index is 5.90. The molecule has 0 saturated carbocycles. The molecule has 2 aromatic rings. The Morgan fingerprint density at radius 2 is 1.94 bits per heavy atom. The summed E-state index contributed by atoms with van der Waals surface area (Å²) in [5.41, 5.74) is 1.25. The summed E-state index contributed by atoms with van der Waals surface area (Å²) in [5.74, 6) is 1.03. The molecule has 2 nitrogen and oxygen atoms in total. The first-order chi connectivity index (χ1) is 7.99. The van der Waals surface area contributed by atoms with Crippen molar-refractivity contribution in [2.45, 2.75) is 33.2 Å². The van der Waals surface area contributed by atoms with Gasteiger partial charge in [-0.2, -0.15) is 0 Å². The molecule has 2 heteroatoms. The van der Waals surface area contributed by atoms with E-state index in [9.17, 15) is 0 Å². The average Bonchev–Trinajstić information content (AvgIpc) is 2.67. The second-order valence-corrected chi connectivity index (χ2v) is 5.79. The molecule has 0 fully saturated rings. The Balaban J connectivity index is 2.30. The maximum Gasteiger partial charge on any atom is 0.134 e. The van der Waals surface area contributed by atoms with E-state index in [2.05, 4.69) is 38.2 Å². The van der Waals surface area contributed by atoms with Gasteiger partial charge in [0, 0.05) is 5.39 Å². The molecule has 0 saturated heterocycles. The molecular formula is C15H21NO. The molecule has 0 aliphatic heterocycles. The first-order valence-electron chi connectivity index (χ1n) is 6.15. The Kier molecular flexibility index (Phi) is 3.25. The highest BCUT2D eigenvalue weighted by atomic mass is 16.3. The SMILES string of the molecule is CNC(CC(C)(C)C)c1cc2ccccc2o1. The Hall–Kier alpha value is -1.28. The summed E-state index contributed by atoms with van der Waals surface area (Å²) in [6.45, 7) is 6.75. The zero-order valence-electron chi connectivity index (χ0n) is 11.1. The lowest BCUT2D eigenvalue weighted by molar-refractivity contribution is 0.296. The van der Waals surface area contributed by atoms with Crippen LogP contribution in [-0.2, 0) is 0 Å². The summed E-state index contributed by atoms with van der Waals surface area (Å²) < 4.78 is 5.90. The number of fused-ring (bicyclic) bond motifs is 1. The lowest BCUT2D eigenvalue weighted by Gasteiger charge is -2.24. The van der Waals surface area contributed by atoms with Gasteiger partial charge in [-0.3, -0.25) is 0 Å². The minimum absolute atomic E-state index is 0.280. The van der Waals surface area contributed by atoms with E-state index in [1.165, 1.54) is 5.39 Å². The monoisotopic (exact) mass is 231 g/mol. The molecule has 1 atom stereocenters. The fourth-order valence-corrected chi connectivity index (χ4v) is 2.13. The molecule has 17 heavy (non-hydrogen) atoms. The average molecular weight is 231 g/mol. The second-order valence-electron chi connectivity index (χ2n) is 5.79. The molecule has 1 unspecified atom stereocenters. The van der Waals surface area contributed by atoms with Crippen molar-refractivity contribution in [1.82, 2.24) is 5.32 Å². The Labute approximate surface area is 103 Å². The number of furan rings is 1. The number of benzene rings is 1. The summed E-state index contributed by atoms with van der Waals surface area (Å²) in [6, 6.07) is 10.6. The highest BCUT2D eigenvalue weighted by Gasteiger charge is 2.21. The van der Waals surface area contributed by atoms with E-state index in [4.69, 9.17) is 4.42 Å². The van der Waals surface area contributed by atoms with Gasteiger partial charge in [0.1, 0.15) is 11.3 Å². The summed E-state index contributed by atoms with van der Waals surface area (Å²) in [5, 5.41) is 4.52. The normalized spacial score (nSPS) is 14.1. The maximum atomic E-state index is 5.90. The predicted molar refractivity (Wildman–Crippen MR) is 72.1 cm³/mol. The van der Waals surface area contributed by atoms with Crippen LogP contribution in [0.3, 0.4) is 0 Å². The van der Waals surface area contributed by atoms with Gasteiger partial charge in [0.15, 0.2) is 0 Å². The molecular weight excluding hydrogens is 210 g/mol. The first-order valence-corrected chi connectivity index (χ1v) is 6.15. The van der Waals surface area contributed by atoms with Gasteiger partial charge in [0.25, 0.3) is 0 Å². The van der Waals surface area contributed by atoms with Gasteiger partial charge < -0.3 is 9.73 Å². The van der Waals surface area contributed by atoms with Crippen LogP contribution in [0, 0.1) is 5.41 Å². The lowest BCUT2D eigenvalue weighted by atomic mass is 9.87. The minimum atomic E-state index is 0.280.